The molecule has 0 aliphatic heterocycles. The molecule has 1 aromatic heterocycles. The molecule has 6 heteroatoms. The van der Waals surface area contributed by atoms with Crippen molar-refractivity contribution in [1.82, 2.24) is 9.88 Å². The van der Waals surface area contributed by atoms with Crippen LogP contribution < -0.4 is 10.9 Å². The Kier molecular flexibility index (Phi) is 6.50. The highest BCUT2D eigenvalue weighted by Crippen LogP contribution is 2.41. The number of carbonyl (C=O) groups excluding carboxylic acids is 1. The van der Waals surface area contributed by atoms with Crippen molar-refractivity contribution in [3.05, 3.63) is 113 Å². The fourth-order valence-corrected chi connectivity index (χ4v) is 4.37. The second kappa shape index (κ2) is 9.51. The van der Waals surface area contributed by atoms with Gasteiger partial charge < -0.3 is 10.1 Å². The van der Waals surface area contributed by atoms with Crippen LogP contribution in [0.5, 0.6) is 0 Å². The van der Waals surface area contributed by atoms with E-state index in [0.717, 1.165) is 18.4 Å². The average molecular weight is 459 g/mol. The van der Waals surface area contributed by atoms with Crippen LogP contribution in [-0.2, 0) is 4.74 Å². The third-order valence-corrected chi connectivity index (χ3v) is 6.19. The first-order valence-corrected chi connectivity index (χ1v) is 11.1. The molecule has 34 heavy (non-hydrogen) atoms. The van der Waals surface area contributed by atoms with Gasteiger partial charge in [-0.3, -0.25) is 14.2 Å². The predicted octanol–water partition coefficient (Wildman–Crippen LogP) is 5.52. The summed E-state index contributed by atoms with van der Waals surface area (Å²) in [7, 11) is 1.47. The number of nitrogens with one attached hydrogen (secondary N) is 1. The summed E-state index contributed by atoms with van der Waals surface area (Å²) in [5.41, 5.74) is 1.65. The van der Waals surface area contributed by atoms with Gasteiger partial charge in [0.15, 0.2) is 0 Å². The number of benzene rings is 2. The van der Waals surface area contributed by atoms with E-state index >= 15 is 0 Å². The number of carbonyl (C=O) groups is 1. The van der Waals surface area contributed by atoms with Gasteiger partial charge >= 0.3 is 0 Å². The second-order valence-corrected chi connectivity index (χ2v) is 8.41. The molecule has 1 atom stereocenters. The summed E-state index contributed by atoms with van der Waals surface area (Å²) in [4.78, 5) is 27.2. The molecular formula is C28H27FN2O3. The van der Waals surface area contributed by atoms with Crippen LogP contribution in [0.15, 0.2) is 84.4 Å². The number of pyridine rings is 1. The van der Waals surface area contributed by atoms with Crippen LogP contribution in [-0.4, -0.2) is 17.6 Å². The quantitative estimate of drug-likeness (QED) is 0.357. The molecule has 1 fully saturated rings. The zero-order valence-electron chi connectivity index (χ0n) is 19.3. The number of hydrogen-bond donors (Lipinski definition) is 1. The van der Waals surface area contributed by atoms with Gasteiger partial charge in [-0.15, -0.1) is 0 Å². The molecule has 174 valence electrons. The number of amides is 1. The summed E-state index contributed by atoms with van der Waals surface area (Å²) in [6, 6.07) is 13.0. The minimum atomic E-state index is -0.343. The van der Waals surface area contributed by atoms with Gasteiger partial charge in [0.2, 0.25) is 0 Å². The summed E-state index contributed by atoms with van der Waals surface area (Å²) in [5, 5.41) is 4.06. The first kappa shape index (κ1) is 23.2. The summed E-state index contributed by atoms with van der Waals surface area (Å²) in [6.45, 7) is 9.35. The fourth-order valence-electron chi connectivity index (χ4n) is 4.37. The molecule has 3 aromatic rings. The number of nitrogens with zero attached hydrogens (tertiary/aromatic N) is 1. The maximum Gasteiger partial charge on any atom is 0.263 e. The lowest BCUT2D eigenvalue weighted by molar-refractivity contribution is 0.0932. The van der Waals surface area contributed by atoms with Gasteiger partial charge in [0.25, 0.3) is 11.5 Å². The summed E-state index contributed by atoms with van der Waals surface area (Å²) in [5.74, 6) is -0.162. The highest BCUT2D eigenvalue weighted by molar-refractivity contribution is 6.08. The van der Waals surface area contributed by atoms with Gasteiger partial charge in [0.05, 0.1) is 24.4 Å². The zero-order valence-corrected chi connectivity index (χ0v) is 19.3. The number of ether oxygens (including phenoxy) is 1. The minimum absolute atomic E-state index is 0.243. The molecule has 0 spiro atoms. The van der Waals surface area contributed by atoms with Crippen LogP contribution in [0.1, 0.15) is 40.5 Å². The highest BCUT2D eigenvalue weighted by atomic mass is 19.1. The Morgan fingerprint density at radius 2 is 1.91 bits per heavy atom. The van der Waals surface area contributed by atoms with Gasteiger partial charge in [-0.2, -0.15) is 0 Å². The summed E-state index contributed by atoms with van der Waals surface area (Å²) >= 11 is 0. The van der Waals surface area contributed by atoms with Crippen molar-refractivity contribution in [2.75, 3.05) is 7.11 Å². The topological polar surface area (TPSA) is 60.3 Å². The Labute approximate surface area is 197 Å². The Hall–Kier alpha value is -3.93. The van der Waals surface area contributed by atoms with E-state index in [4.69, 9.17) is 4.74 Å². The summed E-state index contributed by atoms with van der Waals surface area (Å²) in [6.07, 6.45) is 5.07. The third-order valence-electron chi connectivity index (χ3n) is 6.19. The Balaban J connectivity index is 1.89. The van der Waals surface area contributed by atoms with E-state index in [2.05, 4.69) is 18.5 Å². The van der Waals surface area contributed by atoms with Gasteiger partial charge in [-0.25, -0.2) is 4.39 Å². The lowest BCUT2D eigenvalue weighted by Gasteiger charge is -2.23. The molecule has 1 aliphatic rings. The van der Waals surface area contributed by atoms with E-state index in [-0.39, 0.29) is 35.0 Å². The molecule has 1 heterocycles. The highest BCUT2D eigenvalue weighted by Gasteiger charge is 2.34. The lowest BCUT2D eigenvalue weighted by Crippen LogP contribution is -2.33. The first-order valence-electron chi connectivity index (χ1n) is 11.1. The van der Waals surface area contributed by atoms with Crippen molar-refractivity contribution in [1.29, 1.82) is 0 Å². The number of aromatic nitrogens is 1. The minimum Gasteiger partial charge on any atom is -0.495 e. The number of rotatable bonds is 8. The Morgan fingerprint density at radius 1 is 1.21 bits per heavy atom. The summed E-state index contributed by atoms with van der Waals surface area (Å²) < 4.78 is 20.7. The van der Waals surface area contributed by atoms with Crippen molar-refractivity contribution in [2.24, 2.45) is 5.92 Å². The lowest BCUT2D eigenvalue weighted by atomic mass is 9.99. The van der Waals surface area contributed by atoms with Crippen molar-refractivity contribution in [3.63, 3.8) is 0 Å². The third kappa shape index (κ3) is 4.31. The zero-order chi connectivity index (χ0) is 24.4. The number of halogens is 1. The molecule has 2 aromatic carbocycles. The van der Waals surface area contributed by atoms with Gasteiger partial charge in [-0.1, -0.05) is 49.6 Å². The molecule has 0 saturated heterocycles. The van der Waals surface area contributed by atoms with Crippen LogP contribution in [0.4, 0.5) is 4.39 Å². The van der Waals surface area contributed by atoms with Crippen molar-refractivity contribution in [2.45, 2.75) is 25.8 Å². The van der Waals surface area contributed by atoms with E-state index in [1.807, 2.05) is 6.07 Å². The van der Waals surface area contributed by atoms with E-state index in [1.54, 1.807) is 43.3 Å². The van der Waals surface area contributed by atoms with E-state index in [9.17, 15) is 14.0 Å². The van der Waals surface area contributed by atoms with Gasteiger partial charge in [0.1, 0.15) is 11.6 Å². The SMILES string of the molecule is C=C/C=C(\C(=C)OC)n1c(C)c(C(=O)N[C@H](c2cccc(F)c2)C2CC2)c2ccccc2c1=O. The number of methoxy groups -OCH3 is 1. The number of fused-ring (bicyclic) bond motifs is 1. The van der Waals surface area contributed by atoms with E-state index < -0.39 is 0 Å². The standard InChI is InChI=1S/C28H27FN2O3/c1-5-9-24(18(3)34-4)31-17(2)25(22-12-6-7-13-23(22)28(31)33)27(32)30-26(19-14-15-19)20-10-8-11-21(29)16-20/h5-13,16,19,26H,1,3,14-15H2,2,4H3,(H,30,32)/b24-9+/t26-/m0/s1. The van der Waals surface area contributed by atoms with Crippen LogP contribution in [0.3, 0.4) is 0 Å². The molecule has 0 bridgehead atoms. The molecule has 4 rings (SSSR count). The normalized spacial score (nSPS) is 14.5. The van der Waals surface area contributed by atoms with Crippen LogP contribution in [0.2, 0.25) is 0 Å². The Bertz CT molecular complexity index is 1380. The molecule has 5 nitrogen and oxygen atoms in total. The molecule has 1 aliphatic carbocycles. The maximum absolute atomic E-state index is 13.9. The van der Waals surface area contributed by atoms with Gasteiger partial charge in [0, 0.05) is 16.5 Å². The molecule has 1 amide bonds. The second-order valence-electron chi connectivity index (χ2n) is 8.41. The number of allylic oxidation sites excluding steroid dienone is 3. The first-order chi connectivity index (χ1) is 16.4. The number of hydrogen-bond acceptors (Lipinski definition) is 3. The van der Waals surface area contributed by atoms with Gasteiger partial charge in [-0.05, 0) is 55.5 Å². The predicted molar refractivity (Wildman–Crippen MR) is 133 cm³/mol. The molecule has 0 unspecified atom stereocenters. The average Bonchev–Trinajstić information content (AvgIpc) is 3.67. The molecule has 1 N–H and O–H groups in total. The van der Waals surface area contributed by atoms with Crippen molar-refractivity contribution >= 4 is 22.4 Å². The van der Waals surface area contributed by atoms with E-state index in [1.165, 1.54) is 29.9 Å². The molecular weight excluding hydrogens is 431 g/mol. The van der Waals surface area contributed by atoms with Crippen LogP contribution in [0.25, 0.3) is 16.5 Å². The van der Waals surface area contributed by atoms with Crippen molar-refractivity contribution < 1.29 is 13.9 Å². The largest absolute Gasteiger partial charge is 0.495 e. The van der Waals surface area contributed by atoms with Crippen molar-refractivity contribution in [3.8, 4) is 0 Å². The van der Waals surface area contributed by atoms with Crippen LogP contribution >= 0.6 is 0 Å². The van der Waals surface area contributed by atoms with Crippen LogP contribution in [0, 0.1) is 18.7 Å². The smallest absolute Gasteiger partial charge is 0.263 e. The molecule has 1 saturated carbocycles. The Morgan fingerprint density at radius 3 is 2.53 bits per heavy atom. The molecule has 0 radical (unpaired) electrons. The fraction of sp³-hybridized carbons (Fsp3) is 0.214. The monoisotopic (exact) mass is 458 g/mol. The maximum atomic E-state index is 13.9. The van der Waals surface area contributed by atoms with E-state index in [0.29, 0.717) is 27.7 Å².